The quantitative estimate of drug-likeness (QED) is 0.433. The summed E-state index contributed by atoms with van der Waals surface area (Å²) in [4.78, 5) is 21.5. The minimum Gasteiger partial charge on any atom is -0.353 e. The molecule has 0 aromatic carbocycles. The Bertz CT molecular complexity index is 629. The molecule has 5 atom stereocenters. The maximum absolute atomic E-state index is 12.6. The Morgan fingerprint density at radius 1 is 1.35 bits per heavy atom. The number of aromatic nitrogens is 2. The molecule has 1 saturated heterocycles. The number of nitrogens with one attached hydrogen (secondary N) is 2. The summed E-state index contributed by atoms with van der Waals surface area (Å²) < 4.78 is 0. The number of amides is 1. The van der Waals surface area contributed by atoms with Crippen LogP contribution < -0.4 is 10.6 Å². The number of rotatable bonds is 6. The maximum Gasteiger partial charge on any atom is 0.225 e. The summed E-state index contributed by atoms with van der Waals surface area (Å²) in [6.07, 6.45) is 5.65. The van der Waals surface area contributed by atoms with E-state index in [1.54, 1.807) is 18.0 Å². The van der Waals surface area contributed by atoms with Gasteiger partial charge in [-0.05, 0) is 50.5 Å². The molecule has 1 saturated carbocycles. The minimum atomic E-state index is -0.0752. The van der Waals surface area contributed by atoms with E-state index in [1.807, 2.05) is 13.0 Å². The molecule has 2 aliphatic rings. The monoisotopic (exact) mass is 396 g/mol. The molecular weight excluding hydrogens is 368 g/mol. The molecule has 1 aliphatic heterocycles. The molecular formula is C19H29ClN4OS. The molecule has 0 radical (unpaired) electrons. The van der Waals surface area contributed by atoms with E-state index < -0.39 is 0 Å². The highest BCUT2D eigenvalue weighted by Crippen LogP contribution is 2.36. The summed E-state index contributed by atoms with van der Waals surface area (Å²) in [7, 11) is 0. The van der Waals surface area contributed by atoms with Gasteiger partial charge in [0.15, 0.2) is 0 Å². The molecule has 144 valence electrons. The highest BCUT2D eigenvalue weighted by atomic mass is 35.5. The molecule has 2 N–H and O–H groups in total. The van der Waals surface area contributed by atoms with E-state index in [0.29, 0.717) is 23.8 Å². The van der Waals surface area contributed by atoms with Gasteiger partial charge in [0.1, 0.15) is 5.03 Å². The van der Waals surface area contributed by atoms with E-state index in [1.165, 1.54) is 0 Å². The third-order valence-corrected chi connectivity index (χ3v) is 7.05. The van der Waals surface area contributed by atoms with Gasteiger partial charge < -0.3 is 10.6 Å². The van der Waals surface area contributed by atoms with Crippen LogP contribution in [0.3, 0.4) is 0 Å². The predicted molar refractivity (Wildman–Crippen MR) is 108 cm³/mol. The molecule has 7 heteroatoms. The number of hydrogen-bond donors (Lipinski definition) is 2. The van der Waals surface area contributed by atoms with Crippen molar-refractivity contribution in [1.82, 2.24) is 15.3 Å². The van der Waals surface area contributed by atoms with E-state index in [4.69, 9.17) is 11.6 Å². The molecule has 1 aromatic rings. The zero-order valence-corrected chi connectivity index (χ0v) is 17.3. The van der Waals surface area contributed by atoms with Crippen LogP contribution in [-0.4, -0.2) is 39.1 Å². The fraction of sp³-hybridized carbons (Fsp3) is 0.737. The predicted octanol–water partition coefficient (Wildman–Crippen LogP) is 3.94. The van der Waals surface area contributed by atoms with Crippen molar-refractivity contribution in [2.75, 3.05) is 11.1 Å². The van der Waals surface area contributed by atoms with Gasteiger partial charge in [0.05, 0.1) is 5.92 Å². The zero-order chi connectivity index (χ0) is 18.7. The molecule has 3 rings (SSSR count). The first kappa shape index (κ1) is 19.7. The normalized spacial score (nSPS) is 29.8. The van der Waals surface area contributed by atoms with Gasteiger partial charge in [-0.1, -0.05) is 13.8 Å². The summed E-state index contributed by atoms with van der Waals surface area (Å²) in [6.45, 7) is 6.44. The van der Waals surface area contributed by atoms with E-state index in [0.717, 1.165) is 36.5 Å². The molecule has 1 aromatic heterocycles. The number of nitrogens with zero attached hydrogens (tertiary/aromatic N) is 2. The van der Waals surface area contributed by atoms with Crippen LogP contribution in [0.25, 0.3) is 0 Å². The number of hydrogen-bond acceptors (Lipinski definition) is 5. The molecule has 2 heterocycles. The number of halogens is 1. The average molecular weight is 397 g/mol. The second-order valence-corrected chi connectivity index (χ2v) is 9.64. The minimum absolute atomic E-state index is 0.0167. The number of thioether (sulfide) groups is 1. The Labute approximate surface area is 165 Å². The number of fused-ring (bicyclic) bond motifs is 1. The van der Waals surface area contributed by atoms with Crippen LogP contribution in [0, 0.1) is 17.8 Å². The Morgan fingerprint density at radius 3 is 2.92 bits per heavy atom. The van der Waals surface area contributed by atoms with Gasteiger partial charge in [0.25, 0.3) is 0 Å². The number of alkyl halides is 1. The summed E-state index contributed by atoms with van der Waals surface area (Å²) in [5, 5.41) is 7.77. The number of carbonyl (C=O) groups is 1. The third-order valence-electron chi connectivity index (χ3n) is 5.29. The van der Waals surface area contributed by atoms with E-state index in [2.05, 4.69) is 34.4 Å². The first-order chi connectivity index (χ1) is 12.4. The van der Waals surface area contributed by atoms with Crippen molar-refractivity contribution in [2.45, 2.75) is 68.9 Å². The highest BCUT2D eigenvalue weighted by Gasteiger charge is 2.41. The lowest BCUT2D eigenvalue weighted by Crippen LogP contribution is -2.55. The average Bonchev–Trinajstić information content (AvgIpc) is 2.60. The maximum atomic E-state index is 12.6. The van der Waals surface area contributed by atoms with E-state index in [-0.39, 0.29) is 23.2 Å². The molecule has 1 amide bonds. The summed E-state index contributed by atoms with van der Waals surface area (Å²) >= 11 is 8.08. The highest BCUT2D eigenvalue weighted by molar-refractivity contribution is 7.99. The van der Waals surface area contributed by atoms with Crippen molar-refractivity contribution in [3.8, 4) is 0 Å². The number of piperidine rings is 1. The first-order valence-corrected chi connectivity index (χ1v) is 11.0. The molecule has 0 bridgehead atoms. The first-order valence-electron chi connectivity index (χ1n) is 9.59. The lowest BCUT2D eigenvalue weighted by molar-refractivity contribution is -0.130. The van der Waals surface area contributed by atoms with Gasteiger partial charge >= 0.3 is 0 Å². The smallest absolute Gasteiger partial charge is 0.225 e. The van der Waals surface area contributed by atoms with Crippen LogP contribution in [0.15, 0.2) is 17.3 Å². The summed E-state index contributed by atoms with van der Waals surface area (Å²) in [6, 6.07) is 2.22. The fourth-order valence-electron chi connectivity index (χ4n) is 3.86. The van der Waals surface area contributed by atoms with E-state index in [9.17, 15) is 4.79 Å². The van der Waals surface area contributed by atoms with E-state index >= 15 is 0 Å². The van der Waals surface area contributed by atoms with Crippen LogP contribution in [0.4, 0.5) is 5.95 Å². The van der Waals surface area contributed by atoms with Crippen LogP contribution in [0.1, 0.15) is 46.5 Å². The van der Waals surface area contributed by atoms with Crippen molar-refractivity contribution in [3.63, 3.8) is 0 Å². The largest absolute Gasteiger partial charge is 0.353 e. The molecule has 4 unspecified atom stereocenters. The van der Waals surface area contributed by atoms with Crippen LogP contribution in [0.5, 0.6) is 0 Å². The standard InChI is InChI=1S/C19H29ClN4OS/c1-11(2)10-26-17-6-7-21-19(24-17)22-12(3)15-9-13-8-14(20)4-5-16(13)23-18(15)25/h6-7,11-16H,4-5,8-10H2,1-3H3,(H,23,25)(H,21,22,24)/t12-,13?,14?,15?,16?/m0/s1. The van der Waals surface area contributed by atoms with Gasteiger partial charge in [-0.3, -0.25) is 4.79 Å². The van der Waals surface area contributed by atoms with Gasteiger partial charge in [0, 0.05) is 29.4 Å². The zero-order valence-electron chi connectivity index (χ0n) is 15.7. The molecule has 5 nitrogen and oxygen atoms in total. The van der Waals surface area contributed by atoms with Crippen molar-refractivity contribution in [3.05, 3.63) is 12.3 Å². The third kappa shape index (κ3) is 5.03. The van der Waals surface area contributed by atoms with Gasteiger partial charge in [-0.2, -0.15) is 0 Å². The van der Waals surface area contributed by atoms with Crippen LogP contribution in [-0.2, 0) is 4.79 Å². The Hall–Kier alpha value is -1.01. The topological polar surface area (TPSA) is 66.9 Å². The van der Waals surface area contributed by atoms with Crippen molar-refractivity contribution in [2.24, 2.45) is 17.8 Å². The fourth-order valence-corrected chi connectivity index (χ4v) is 5.03. The molecule has 2 fully saturated rings. The second kappa shape index (κ2) is 8.79. The summed E-state index contributed by atoms with van der Waals surface area (Å²) in [5.41, 5.74) is 0. The molecule has 26 heavy (non-hydrogen) atoms. The van der Waals surface area contributed by atoms with Crippen molar-refractivity contribution >= 4 is 35.2 Å². The van der Waals surface area contributed by atoms with Gasteiger partial charge in [-0.15, -0.1) is 23.4 Å². The SMILES string of the molecule is CC(C)CSc1ccnc(N[C@@H](C)C2CC3CC(Cl)CCC3NC2=O)n1. The Kier molecular flexibility index (Phi) is 6.67. The van der Waals surface area contributed by atoms with Crippen molar-refractivity contribution in [1.29, 1.82) is 0 Å². The molecule has 0 spiro atoms. The van der Waals surface area contributed by atoms with Gasteiger partial charge in [-0.25, -0.2) is 9.97 Å². The van der Waals surface area contributed by atoms with Gasteiger partial charge in [0.2, 0.25) is 11.9 Å². The number of carbonyl (C=O) groups excluding carboxylic acids is 1. The number of anilines is 1. The second-order valence-electron chi connectivity index (χ2n) is 7.98. The van der Waals surface area contributed by atoms with Crippen molar-refractivity contribution < 1.29 is 4.79 Å². The molecule has 1 aliphatic carbocycles. The summed E-state index contributed by atoms with van der Waals surface area (Å²) in [5.74, 6) is 2.79. The van der Waals surface area contributed by atoms with Crippen LogP contribution >= 0.6 is 23.4 Å². The Balaban J connectivity index is 1.61. The lowest BCUT2D eigenvalue weighted by Gasteiger charge is -2.42. The van der Waals surface area contributed by atoms with Crippen LogP contribution in [0.2, 0.25) is 0 Å². The Morgan fingerprint density at radius 2 is 2.15 bits per heavy atom. The lowest BCUT2D eigenvalue weighted by atomic mass is 9.74.